The Labute approximate surface area is 126 Å². The SMILES string of the molecule is CC(C)CNCC1CCCCN1c1nc2ccccc2[nH]1. The third-order valence-electron chi connectivity index (χ3n) is 4.21. The second-order valence-electron chi connectivity index (χ2n) is 6.47. The molecular formula is C17H26N4. The number of imidazole rings is 1. The first-order valence-electron chi connectivity index (χ1n) is 8.16. The molecule has 2 N–H and O–H groups in total. The summed E-state index contributed by atoms with van der Waals surface area (Å²) in [6.07, 6.45) is 3.84. The molecule has 1 aliphatic rings. The average molecular weight is 286 g/mol. The van der Waals surface area contributed by atoms with E-state index in [4.69, 9.17) is 4.98 Å². The normalized spacial score (nSPS) is 19.6. The minimum absolute atomic E-state index is 0.554. The van der Waals surface area contributed by atoms with Crippen LogP contribution >= 0.6 is 0 Å². The molecule has 0 aliphatic carbocycles. The predicted molar refractivity (Wildman–Crippen MR) is 88.8 cm³/mol. The van der Waals surface area contributed by atoms with Crippen molar-refractivity contribution in [3.05, 3.63) is 24.3 Å². The van der Waals surface area contributed by atoms with Crippen molar-refractivity contribution in [2.24, 2.45) is 5.92 Å². The Balaban J connectivity index is 1.73. The van der Waals surface area contributed by atoms with E-state index in [0.717, 1.165) is 36.6 Å². The van der Waals surface area contributed by atoms with E-state index in [1.54, 1.807) is 0 Å². The number of anilines is 1. The summed E-state index contributed by atoms with van der Waals surface area (Å²) in [4.78, 5) is 10.7. The van der Waals surface area contributed by atoms with Gasteiger partial charge in [0.1, 0.15) is 0 Å². The Morgan fingerprint density at radius 1 is 1.33 bits per heavy atom. The molecule has 0 radical (unpaired) electrons. The first-order chi connectivity index (χ1) is 10.2. The highest BCUT2D eigenvalue weighted by Crippen LogP contribution is 2.24. The van der Waals surface area contributed by atoms with Gasteiger partial charge in [0.25, 0.3) is 0 Å². The van der Waals surface area contributed by atoms with Gasteiger partial charge in [0.15, 0.2) is 0 Å². The molecule has 2 aromatic rings. The van der Waals surface area contributed by atoms with Crippen LogP contribution in [0.1, 0.15) is 33.1 Å². The first kappa shape index (κ1) is 14.4. The Morgan fingerprint density at radius 2 is 2.19 bits per heavy atom. The molecule has 4 nitrogen and oxygen atoms in total. The van der Waals surface area contributed by atoms with E-state index in [0.29, 0.717) is 12.0 Å². The number of nitrogens with zero attached hydrogens (tertiary/aromatic N) is 2. The zero-order valence-electron chi connectivity index (χ0n) is 13.1. The van der Waals surface area contributed by atoms with Gasteiger partial charge in [0.05, 0.1) is 11.0 Å². The number of nitrogens with one attached hydrogen (secondary N) is 2. The molecule has 0 saturated carbocycles. The summed E-state index contributed by atoms with van der Waals surface area (Å²) in [5.41, 5.74) is 2.19. The van der Waals surface area contributed by atoms with Crippen LogP contribution in [0.15, 0.2) is 24.3 Å². The van der Waals surface area contributed by atoms with Gasteiger partial charge in [0, 0.05) is 19.1 Å². The molecule has 1 aromatic heterocycles. The van der Waals surface area contributed by atoms with Crippen LogP contribution < -0.4 is 10.2 Å². The van der Waals surface area contributed by atoms with Crippen molar-refractivity contribution in [3.63, 3.8) is 0 Å². The maximum absolute atomic E-state index is 4.77. The van der Waals surface area contributed by atoms with Gasteiger partial charge < -0.3 is 15.2 Å². The highest BCUT2D eigenvalue weighted by Gasteiger charge is 2.24. The van der Waals surface area contributed by atoms with Gasteiger partial charge >= 0.3 is 0 Å². The zero-order chi connectivity index (χ0) is 14.7. The number of aromatic amines is 1. The van der Waals surface area contributed by atoms with Gasteiger partial charge in [-0.25, -0.2) is 4.98 Å². The van der Waals surface area contributed by atoms with Crippen molar-refractivity contribution >= 4 is 17.0 Å². The Bertz CT molecular complexity index is 542. The number of piperidine rings is 1. The fourth-order valence-electron chi connectivity index (χ4n) is 3.11. The molecule has 114 valence electrons. The van der Waals surface area contributed by atoms with Crippen molar-refractivity contribution in [2.45, 2.75) is 39.2 Å². The number of hydrogen-bond donors (Lipinski definition) is 2. The van der Waals surface area contributed by atoms with Gasteiger partial charge in [-0.1, -0.05) is 26.0 Å². The van der Waals surface area contributed by atoms with E-state index < -0.39 is 0 Å². The fourth-order valence-corrected chi connectivity index (χ4v) is 3.11. The number of aromatic nitrogens is 2. The Kier molecular flexibility index (Phi) is 4.44. The second kappa shape index (κ2) is 6.48. The quantitative estimate of drug-likeness (QED) is 0.887. The summed E-state index contributed by atoms with van der Waals surface area (Å²) in [6, 6.07) is 8.83. The highest BCUT2D eigenvalue weighted by molar-refractivity contribution is 5.77. The van der Waals surface area contributed by atoms with Crippen LogP contribution in [0.2, 0.25) is 0 Å². The lowest BCUT2D eigenvalue weighted by molar-refractivity contribution is 0.419. The topological polar surface area (TPSA) is 44.0 Å². The number of para-hydroxylation sites is 2. The molecule has 1 unspecified atom stereocenters. The van der Waals surface area contributed by atoms with Gasteiger partial charge in [-0.05, 0) is 43.9 Å². The first-order valence-corrected chi connectivity index (χ1v) is 8.16. The van der Waals surface area contributed by atoms with Crippen molar-refractivity contribution in [2.75, 3.05) is 24.5 Å². The van der Waals surface area contributed by atoms with Crippen LogP contribution in [0.25, 0.3) is 11.0 Å². The van der Waals surface area contributed by atoms with E-state index in [9.17, 15) is 0 Å². The van der Waals surface area contributed by atoms with Crippen molar-refractivity contribution < 1.29 is 0 Å². The molecule has 1 aromatic carbocycles. The lowest BCUT2D eigenvalue weighted by atomic mass is 10.0. The molecule has 2 heterocycles. The minimum atomic E-state index is 0.554. The van der Waals surface area contributed by atoms with Gasteiger partial charge in [-0.15, -0.1) is 0 Å². The van der Waals surface area contributed by atoms with Gasteiger partial charge in [0.2, 0.25) is 5.95 Å². The summed E-state index contributed by atoms with van der Waals surface area (Å²) in [6.45, 7) is 7.75. The fraction of sp³-hybridized carbons (Fsp3) is 0.588. The molecule has 1 saturated heterocycles. The van der Waals surface area contributed by atoms with E-state index in [2.05, 4.69) is 47.2 Å². The molecule has 3 rings (SSSR count). The van der Waals surface area contributed by atoms with Crippen LogP contribution in [0.5, 0.6) is 0 Å². The standard InChI is InChI=1S/C17H26N4/c1-13(2)11-18-12-14-7-5-6-10-21(14)17-19-15-8-3-4-9-16(15)20-17/h3-4,8-9,13-14,18H,5-7,10-12H2,1-2H3,(H,19,20). The lowest BCUT2D eigenvalue weighted by Crippen LogP contribution is -2.46. The zero-order valence-corrected chi connectivity index (χ0v) is 13.1. The summed E-state index contributed by atoms with van der Waals surface area (Å²) < 4.78 is 0. The monoisotopic (exact) mass is 286 g/mol. The number of hydrogen-bond acceptors (Lipinski definition) is 3. The molecule has 4 heteroatoms. The highest BCUT2D eigenvalue weighted by atomic mass is 15.3. The Hall–Kier alpha value is -1.55. The molecule has 0 bridgehead atoms. The minimum Gasteiger partial charge on any atom is -0.338 e. The maximum Gasteiger partial charge on any atom is 0.204 e. The number of rotatable bonds is 5. The van der Waals surface area contributed by atoms with Crippen molar-refractivity contribution in [1.82, 2.24) is 15.3 Å². The molecule has 1 aliphatic heterocycles. The number of H-pyrrole nitrogens is 1. The lowest BCUT2D eigenvalue weighted by Gasteiger charge is -2.36. The van der Waals surface area contributed by atoms with Crippen LogP contribution in [0, 0.1) is 5.92 Å². The van der Waals surface area contributed by atoms with E-state index >= 15 is 0 Å². The Morgan fingerprint density at radius 3 is 3.00 bits per heavy atom. The molecule has 1 atom stereocenters. The average Bonchev–Trinajstić information content (AvgIpc) is 2.91. The molecule has 0 amide bonds. The molecular weight excluding hydrogens is 260 g/mol. The molecule has 0 spiro atoms. The predicted octanol–water partition coefficient (Wildman–Crippen LogP) is 3.17. The summed E-state index contributed by atoms with van der Waals surface area (Å²) >= 11 is 0. The van der Waals surface area contributed by atoms with Crippen LogP contribution in [0.3, 0.4) is 0 Å². The summed E-state index contributed by atoms with van der Waals surface area (Å²) in [7, 11) is 0. The third kappa shape index (κ3) is 3.38. The van der Waals surface area contributed by atoms with Crippen molar-refractivity contribution in [1.29, 1.82) is 0 Å². The largest absolute Gasteiger partial charge is 0.338 e. The van der Waals surface area contributed by atoms with Crippen LogP contribution in [-0.2, 0) is 0 Å². The number of fused-ring (bicyclic) bond motifs is 1. The van der Waals surface area contributed by atoms with Crippen LogP contribution in [-0.4, -0.2) is 35.6 Å². The van der Waals surface area contributed by atoms with E-state index in [1.807, 2.05) is 6.07 Å². The summed E-state index contributed by atoms with van der Waals surface area (Å²) in [5, 5.41) is 3.60. The maximum atomic E-state index is 4.77. The third-order valence-corrected chi connectivity index (χ3v) is 4.21. The second-order valence-corrected chi connectivity index (χ2v) is 6.47. The van der Waals surface area contributed by atoms with Crippen molar-refractivity contribution in [3.8, 4) is 0 Å². The smallest absolute Gasteiger partial charge is 0.204 e. The molecule has 1 fully saturated rings. The molecule has 21 heavy (non-hydrogen) atoms. The summed E-state index contributed by atoms with van der Waals surface area (Å²) in [5.74, 6) is 1.74. The number of benzene rings is 1. The van der Waals surface area contributed by atoms with Crippen LogP contribution in [0.4, 0.5) is 5.95 Å². The van der Waals surface area contributed by atoms with E-state index in [1.165, 1.54) is 19.3 Å². The van der Waals surface area contributed by atoms with E-state index in [-0.39, 0.29) is 0 Å². The van der Waals surface area contributed by atoms with Gasteiger partial charge in [-0.3, -0.25) is 0 Å². The van der Waals surface area contributed by atoms with Gasteiger partial charge in [-0.2, -0.15) is 0 Å².